The van der Waals surface area contributed by atoms with Crippen LogP contribution in [0.3, 0.4) is 0 Å². The Balaban J connectivity index is 1.70. The molecule has 19 heavy (non-hydrogen) atoms. The molecule has 0 saturated heterocycles. The van der Waals surface area contributed by atoms with Gasteiger partial charge in [-0.2, -0.15) is 0 Å². The second-order valence-corrected chi connectivity index (χ2v) is 5.20. The molecular weight excluding hydrogens is 258 g/mol. The van der Waals surface area contributed by atoms with Gasteiger partial charge in [0.15, 0.2) is 0 Å². The molecule has 0 amide bonds. The number of anilines is 1. The number of benzene rings is 2. The third-order valence-electron chi connectivity index (χ3n) is 3.31. The fraction of sp³-hybridized carbons (Fsp3) is 0.250. The standard InChI is InChI=1S/C16H16ClNO/c17-14-4-1-5-15(10-14)19-11-12-6-7-16-13(9-12)3-2-8-18-16/h1,4-7,9-10,18H,2-3,8,11H2. The first-order chi connectivity index (χ1) is 9.31. The fourth-order valence-electron chi connectivity index (χ4n) is 2.34. The molecule has 1 N–H and O–H groups in total. The normalized spacial score (nSPS) is 13.5. The summed E-state index contributed by atoms with van der Waals surface area (Å²) in [5.41, 5.74) is 3.85. The van der Waals surface area contributed by atoms with Gasteiger partial charge in [0, 0.05) is 17.3 Å². The number of rotatable bonds is 3. The van der Waals surface area contributed by atoms with E-state index in [4.69, 9.17) is 16.3 Å². The molecule has 0 fully saturated rings. The summed E-state index contributed by atoms with van der Waals surface area (Å²) in [6.45, 7) is 1.65. The Morgan fingerprint density at radius 3 is 3.00 bits per heavy atom. The topological polar surface area (TPSA) is 21.3 Å². The number of ether oxygens (including phenoxy) is 1. The SMILES string of the molecule is Clc1cccc(OCc2ccc3c(c2)CCCN3)c1. The van der Waals surface area contributed by atoms with E-state index in [2.05, 4.69) is 23.5 Å². The van der Waals surface area contributed by atoms with Crippen LogP contribution in [0.2, 0.25) is 5.02 Å². The second-order valence-electron chi connectivity index (χ2n) is 4.77. The maximum Gasteiger partial charge on any atom is 0.121 e. The van der Waals surface area contributed by atoms with E-state index >= 15 is 0 Å². The molecule has 0 aromatic heterocycles. The highest BCUT2D eigenvalue weighted by molar-refractivity contribution is 6.30. The van der Waals surface area contributed by atoms with Crippen molar-refractivity contribution in [3.05, 3.63) is 58.6 Å². The van der Waals surface area contributed by atoms with Crippen molar-refractivity contribution in [2.75, 3.05) is 11.9 Å². The number of halogens is 1. The summed E-state index contributed by atoms with van der Waals surface area (Å²) >= 11 is 5.93. The van der Waals surface area contributed by atoms with Crippen LogP contribution in [-0.2, 0) is 13.0 Å². The molecule has 1 aliphatic rings. The summed E-state index contributed by atoms with van der Waals surface area (Å²) in [6, 6.07) is 14.0. The lowest BCUT2D eigenvalue weighted by Crippen LogP contribution is -2.12. The maximum atomic E-state index is 5.93. The average Bonchev–Trinajstić information content (AvgIpc) is 2.45. The molecule has 0 atom stereocenters. The van der Waals surface area contributed by atoms with E-state index < -0.39 is 0 Å². The van der Waals surface area contributed by atoms with Crippen molar-refractivity contribution in [3.63, 3.8) is 0 Å². The molecule has 0 spiro atoms. The van der Waals surface area contributed by atoms with Crippen molar-refractivity contribution >= 4 is 17.3 Å². The van der Waals surface area contributed by atoms with E-state index in [1.807, 2.05) is 24.3 Å². The summed E-state index contributed by atoms with van der Waals surface area (Å²) in [6.07, 6.45) is 2.35. The third kappa shape index (κ3) is 3.02. The molecule has 0 radical (unpaired) electrons. The molecular formula is C16H16ClNO. The van der Waals surface area contributed by atoms with Gasteiger partial charge in [-0.3, -0.25) is 0 Å². The first kappa shape index (κ1) is 12.4. The van der Waals surface area contributed by atoms with Crippen LogP contribution in [-0.4, -0.2) is 6.54 Å². The number of fused-ring (bicyclic) bond motifs is 1. The van der Waals surface area contributed by atoms with E-state index in [1.54, 1.807) is 0 Å². The Labute approximate surface area is 118 Å². The van der Waals surface area contributed by atoms with Gasteiger partial charge in [-0.05, 0) is 48.2 Å². The minimum absolute atomic E-state index is 0.577. The molecule has 3 rings (SSSR count). The summed E-state index contributed by atoms with van der Waals surface area (Å²) in [4.78, 5) is 0. The van der Waals surface area contributed by atoms with Gasteiger partial charge in [-0.15, -0.1) is 0 Å². The fourth-order valence-corrected chi connectivity index (χ4v) is 2.52. The molecule has 0 bridgehead atoms. The molecule has 1 aliphatic heterocycles. The Hall–Kier alpha value is -1.67. The molecule has 98 valence electrons. The van der Waals surface area contributed by atoms with Gasteiger partial charge in [-0.25, -0.2) is 0 Å². The van der Waals surface area contributed by atoms with Crippen LogP contribution in [0.1, 0.15) is 17.5 Å². The van der Waals surface area contributed by atoms with E-state index in [1.165, 1.54) is 23.2 Å². The Morgan fingerprint density at radius 1 is 1.16 bits per heavy atom. The van der Waals surface area contributed by atoms with Crippen molar-refractivity contribution in [2.45, 2.75) is 19.4 Å². The third-order valence-corrected chi connectivity index (χ3v) is 3.54. The lowest BCUT2D eigenvalue weighted by Gasteiger charge is -2.18. The zero-order chi connectivity index (χ0) is 13.1. The summed E-state index contributed by atoms with van der Waals surface area (Å²) < 4.78 is 5.76. The molecule has 3 heteroatoms. The zero-order valence-electron chi connectivity index (χ0n) is 10.7. The number of hydrogen-bond acceptors (Lipinski definition) is 2. The lowest BCUT2D eigenvalue weighted by molar-refractivity contribution is 0.306. The van der Waals surface area contributed by atoms with Gasteiger partial charge in [0.05, 0.1) is 0 Å². The van der Waals surface area contributed by atoms with Gasteiger partial charge in [0.1, 0.15) is 12.4 Å². The number of aryl methyl sites for hydroxylation is 1. The van der Waals surface area contributed by atoms with Crippen LogP contribution in [0, 0.1) is 0 Å². The molecule has 0 saturated carbocycles. The van der Waals surface area contributed by atoms with Crippen LogP contribution < -0.4 is 10.1 Å². The van der Waals surface area contributed by atoms with Crippen molar-refractivity contribution in [3.8, 4) is 5.75 Å². The smallest absolute Gasteiger partial charge is 0.121 e. The number of hydrogen-bond donors (Lipinski definition) is 1. The summed E-state index contributed by atoms with van der Waals surface area (Å²) in [5, 5.41) is 4.11. The van der Waals surface area contributed by atoms with Crippen molar-refractivity contribution in [1.82, 2.24) is 0 Å². The molecule has 2 aromatic rings. The highest BCUT2D eigenvalue weighted by Crippen LogP contribution is 2.24. The van der Waals surface area contributed by atoms with Crippen molar-refractivity contribution in [2.24, 2.45) is 0 Å². The van der Waals surface area contributed by atoms with Crippen LogP contribution >= 0.6 is 11.6 Å². The van der Waals surface area contributed by atoms with E-state index in [-0.39, 0.29) is 0 Å². The van der Waals surface area contributed by atoms with E-state index in [0.717, 1.165) is 18.7 Å². The molecule has 2 nitrogen and oxygen atoms in total. The average molecular weight is 274 g/mol. The van der Waals surface area contributed by atoms with Crippen LogP contribution in [0.5, 0.6) is 5.75 Å². The largest absolute Gasteiger partial charge is 0.489 e. The van der Waals surface area contributed by atoms with Crippen molar-refractivity contribution in [1.29, 1.82) is 0 Å². The molecule has 0 unspecified atom stereocenters. The first-order valence-electron chi connectivity index (χ1n) is 6.55. The Bertz CT molecular complexity index is 583. The lowest BCUT2D eigenvalue weighted by atomic mass is 10.0. The first-order valence-corrected chi connectivity index (χ1v) is 6.93. The van der Waals surface area contributed by atoms with E-state index in [0.29, 0.717) is 11.6 Å². The highest BCUT2D eigenvalue weighted by Gasteiger charge is 2.08. The van der Waals surface area contributed by atoms with Gasteiger partial charge in [0.2, 0.25) is 0 Å². The molecule has 1 heterocycles. The van der Waals surface area contributed by atoms with Crippen molar-refractivity contribution < 1.29 is 4.74 Å². The maximum absolute atomic E-state index is 5.93. The van der Waals surface area contributed by atoms with Crippen LogP contribution in [0.25, 0.3) is 0 Å². The Morgan fingerprint density at radius 2 is 2.11 bits per heavy atom. The van der Waals surface area contributed by atoms with Gasteiger partial charge in [-0.1, -0.05) is 29.8 Å². The summed E-state index contributed by atoms with van der Waals surface area (Å²) in [5.74, 6) is 0.809. The molecule has 2 aromatic carbocycles. The predicted octanol–water partition coefficient (Wildman–Crippen LogP) is 4.28. The number of nitrogens with one attached hydrogen (secondary N) is 1. The monoisotopic (exact) mass is 273 g/mol. The minimum atomic E-state index is 0.577. The quantitative estimate of drug-likeness (QED) is 0.901. The molecule has 0 aliphatic carbocycles. The highest BCUT2D eigenvalue weighted by atomic mass is 35.5. The van der Waals surface area contributed by atoms with Crippen LogP contribution in [0.15, 0.2) is 42.5 Å². The van der Waals surface area contributed by atoms with Gasteiger partial charge in [0.25, 0.3) is 0 Å². The van der Waals surface area contributed by atoms with Gasteiger partial charge < -0.3 is 10.1 Å². The second kappa shape index (κ2) is 5.54. The Kier molecular flexibility index (Phi) is 3.60. The summed E-state index contributed by atoms with van der Waals surface area (Å²) in [7, 11) is 0. The van der Waals surface area contributed by atoms with Gasteiger partial charge >= 0.3 is 0 Å². The van der Waals surface area contributed by atoms with E-state index in [9.17, 15) is 0 Å². The minimum Gasteiger partial charge on any atom is -0.489 e. The predicted molar refractivity (Wildman–Crippen MR) is 79.0 cm³/mol. The zero-order valence-corrected chi connectivity index (χ0v) is 11.4. The van der Waals surface area contributed by atoms with Crippen LogP contribution in [0.4, 0.5) is 5.69 Å².